The molecule has 0 aliphatic heterocycles. The van der Waals surface area contributed by atoms with Gasteiger partial charge in [-0.3, -0.25) is 4.79 Å². The molecular formula is C16H16FNOS. The summed E-state index contributed by atoms with van der Waals surface area (Å²) < 4.78 is 12.8. The molecule has 0 aliphatic rings. The number of hydrogen-bond donors (Lipinski definition) is 1. The van der Waals surface area contributed by atoms with E-state index in [4.69, 9.17) is 0 Å². The minimum absolute atomic E-state index is 0.0359. The number of rotatable bonds is 5. The summed E-state index contributed by atoms with van der Waals surface area (Å²) >= 11 is 1.66. The topological polar surface area (TPSA) is 29.1 Å². The third-order valence-corrected chi connectivity index (χ3v) is 3.67. The number of nitrogens with one attached hydrogen (secondary N) is 1. The zero-order valence-electron chi connectivity index (χ0n) is 11.2. The Bertz CT molecular complexity index is 566. The molecule has 0 fully saturated rings. The molecule has 0 spiro atoms. The molecular weight excluding hydrogens is 273 g/mol. The quantitative estimate of drug-likeness (QED) is 0.839. The van der Waals surface area contributed by atoms with Crippen LogP contribution in [0.1, 0.15) is 12.0 Å². The van der Waals surface area contributed by atoms with Crippen molar-refractivity contribution in [3.05, 3.63) is 59.9 Å². The van der Waals surface area contributed by atoms with Crippen LogP contribution in [0.3, 0.4) is 0 Å². The normalized spacial score (nSPS) is 10.3. The summed E-state index contributed by atoms with van der Waals surface area (Å²) in [5.74, 6) is -0.293. The maximum Gasteiger partial charge on any atom is 0.224 e. The van der Waals surface area contributed by atoms with Gasteiger partial charge in [-0.2, -0.15) is 0 Å². The van der Waals surface area contributed by atoms with E-state index in [-0.39, 0.29) is 11.7 Å². The number of hydrogen-bond acceptors (Lipinski definition) is 2. The summed E-state index contributed by atoms with van der Waals surface area (Å²) in [6.07, 6.45) is 3.00. The summed E-state index contributed by atoms with van der Waals surface area (Å²) in [4.78, 5) is 13.0. The highest BCUT2D eigenvalue weighted by atomic mass is 32.2. The number of amides is 1. The summed E-state index contributed by atoms with van der Waals surface area (Å²) in [6, 6.07) is 14.0. The van der Waals surface area contributed by atoms with Crippen molar-refractivity contribution in [2.45, 2.75) is 17.7 Å². The average Bonchev–Trinajstić information content (AvgIpc) is 2.47. The minimum Gasteiger partial charge on any atom is -0.326 e. The van der Waals surface area contributed by atoms with Gasteiger partial charge in [0.2, 0.25) is 5.91 Å². The van der Waals surface area contributed by atoms with Gasteiger partial charge in [-0.25, -0.2) is 4.39 Å². The highest BCUT2D eigenvalue weighted by Gasteiger charge is 2.03. The second kappa shape index (κ2) is 7.10. The van der Waals surface area contributed by atoms with E-state index in [9.17, 15) is 9.18 Å². The van der Waals surface area contributed by atoms with Crippen LogP contribution in [0.15, 0.2) is 53.4 Å². The molecule has 1 N–H and O–H groups in total. The summed E-state index contributed by atoms with van der Waals surface area (Å²) in [7, 11) is 0. The first kappa shape index (κ1) is 14.6. The molecule has 0 unspecified atom stereocenters. The highest BCUT2D eigenvalue weighted by Crippen LogP contribution is 2.17. The van der Waals surface area contributed by atoms with Crippen LogP contribution in [0.5, 0.6) is 0 Å². The molecule has 0 saturated heterocycles. The molecule has 0 saturated carbocycles. The molecule has 0 radical (unpaired) electrons. The monoisotopic (exact) mass is 289 g/mol. The molecule has 2 aromatic carbocycles. The number of anilines is 1. The van der Waals surface area contributed by atoms with Crippen molar-refractivity contribution in [1.82, 2.24) is 0 Å². The molecule has 4 heteroatoms. The van der Waals surface area contributed by atoms with Gasteiger partial charge in [0.1, 0.15) is 5.82 Å². The van der Waals surface area contributed by atoms with Gasteiger partial charge in [-0.1, -0.05) is 12.1 Å². The Morgan fingerprint density at radius 2 is 1.75 bits per heavy atom. The third kappa shape index (κ3) is 4.38. The predicted molar refractivity (Wildman–Crippen MR) is 81.6 cm³/mol. The van der Waals surface area contributed by atoms with E-state index in [1.807, 2.05) is 30.5 Å². The van der Waals surface area contributed by atoms with E-state index < -0.39 is 0 Å². The van der Waals surface area contributed by atoms with Crippen molar-refractivity contribution in [2.24, 2.45) is 0 Å². The van der Waals surface area contributed by atoms with Crippen LogP contribution in [0.25, 0.3) is 0 Å². The smallest absolute Gasteiger partial charge is 0.224 e. The fourth-order valence-corrected chi connectivity index (χ4v) is 2.22. The zero-order valence-corrected chi connectivity index (χ0v) is 12.0. The Labute approximate surface area is 122 Å². The van der Waals surface area contributed by atoms with Crippen molar-refractivity contribution in [3.8, 4) is 0 Å². The molecule has 0 heterocycles. The second-order valence-electron chi connectivity index (χ2n) is 4.40. The van der Waals surface area contributed by atoms with E-state index in [0.29, 0.717) is 12.8 Å². The van der Waals surface area contributed by atoms with Gasteiger partial charge in [0.25, 0.3) is 0 Å². The molecule has 0 atom stereocenters. The first-order chi connectivity index (χ1) is 9.67. The Kier molecular flexibility index (Phi) is 5.18. The number of halogens is 1. The molecule has 0 bridgehead atoms. The molecule has 1 amide bonds. The fraction of sp³-hybridized carbons (Fsp3) is 0.188. The lowest BCUT2D eigenvalue weighted by atomic mass is 10.1. The van der Waals surface area contributed by atoms with Crippen LogP contribution in [0.2, 0.25) is 0 Å². The van der Waals surface area contributed by atoms with Gasteiger partial charge >= 0.3 is 0 Å². The number of benzene rings is 2. The summed E-state index contributed by atoms with van der Waals surface area (Å²) in [5, 5.41) is 2.85. The zero-order chi connectivity index (χ0) is 14.4. The van der Waals surface area contributed by atoms with Crippen LogP contribution in [0, 0.1) is 5.82 Å². The first-order valence-corrected chi connectivity index (χ1v) is 7.58. The van der Waals surface area contributed by atoms with Crippen LogP contribution in [-0.2, 0) is 11.2 Å². The number of carbonyl (C=O) groups excluding carboxylic acids is 1. The summed E-state index contributed by atoms with van der Waals surface area (Å²) in [6.45, 7) is 0. The average molecular weight is 289 g/mol. The van der Waals surface area contributed by atoms with E-state index in [2.05, 4.69) is 5.32 Å². The molecule has 2 nitrogen and oxygen atoms in total. The van der Waals surface area contributed by atoms with Crippen LogP contribution in [-0.4, -0.2) is 12.2 Å². The molecule has 104 valence electrons. The van der Waals surface area contributed by atoms with Crippen molar-refractivity contribution < 1.29 is 9.18 Å². The maximum atomic E-state index is 12.8. The van der Waals surface area contributed by atoms with E-state index in [1.165, 1.54) is 12.1 Å². The van der Waals surface area contributed by atoms with Gasteiger partial charge in [0, 0.05) is 17.0 Å². The Hall–Kier alpha value is -1.81. The number of aryl methyl sites for hydroxylation is 1. The van der Waals surface area contributed by atoms with Gasteiger partial charge in [-0.05, 0) is 54.6 Å². The Morgan fingerprint density at radius 3 is 2.35 bits per heavy atom. The fourth-order valence-electron chi connectivity index (χ4n) is 1.81. The molecule has 2 aromatic rings. The van der Waals surface area contributed by atoms with Crippen molar-refractivity contribution in [2.75, 3.05) is 11.6 Å². The van der Waals surface area contributed by atoms with Crippen LogP contribution >= 0.6 is 11.8 Å². The van der Waals surface area contributed by atoms with E-state index in [0.717, 1.165) is 16.1 Å². The van der Waals surface area contributed by atoms with Crippen LogP contribution in [0.4, 0.5) is 10.1 Å². The molecule has 20 heavy (non-hydrogen) atoms. The third-order valence-electron chi connectivity index (χ3n) is 2.93. The number of thioether (sulfide) groups is 1. The first-order valence-electron chi connectivity index (χ1n) is 6.36. The Balaban J connectivity index is 1.84. The van der Waals surface area contributed by atoms with E-state index >= 15 is 0 Å². The maximum absolute atomic E-state index is 12.8. The lowest BCUT2D eigenvalue weighted by Gasteiger charge is -2.06. The Morgan fingerprint density at radius 1 is 1.10 bits per heavy atom. The van der Waals surface area contributed by atoms with Crippen LogP contribution < -0.4 is 5.32 Å². The largest absolute Gasteiger partial charge is 0.326 e. The lowest BCUT2D eigenvalue weighted by molar-refractivity contribution is -0.116. The van der Waals surface area contributed by atoms with Crippen molar-refractivity contribution in [1.29, 1.82) is 0 Å². The lowest BCUT2D eigenvalue weighted by Crippen LogP contribution is -2.12. The predicted octanol–water partition coefficient (Wildman–Crippen LogP) is 4.12. The van der Waals surface area contributed by atoms with Crippen molar-refractivity contribution >= 4 is 23.4 Å². The van der Waals surface area contributed by atoms with Gasteiger partial charge in [-0.15, -0.1) is 11.8 Å². The molecule has 0 aliphatic carbocycles. The van der Waals surface area contributed by atoms with Gasteiger partial charge < -0.3 is 5.32 Å². The summed E-state index contributed by atoms with van der Waals surface area (Å²) in [5.41, 5.74) is 1.76. The van der Waals surface area contributed by atoms with Gasteiger partial charge in [0.15, 0.2) is 0 Å². The van der Waals surface area contributed by atoms with Gasteiger partial charge in [0.05, 0.1) is 0 Å². The number of carbonyl (C=O) groups is 1. The molecule has 0 aromatic heterocycles. The SMILES string of the molecule is CSc1ccc(NC(=O)CCc2ccc(F)cc2)cc1. The van der Waals surface area contributed by atoms with E-state index in [1.54, 1.807) is 23.9 Å². The highest BCUT2D eigenvalue weighted by molar-refractivity contribution is 7.98. The molecule has 2 rings (SSSR count). The standard InChI is InChI=1S/C16H16FNOS/c1-20-15-9-7-14(8-10-15)18-16(19)11-4-12-2-5-13(17)6-3-12/h2-3,5-10H,4,11H2,1H3,(H,18,19). The minimum atomic E-state index is -0.257. The van der Waals surface area contributed by atoms with Crippen molar-refractivity contribution in [3.63, 3.8) is 0 Å². The second-order valence-corrected chi connectivity index (χ2v) is 5.28.